The first-order valence-electron chi connectivity index (χ1n) is 22.0. The maximum absolute atomic E-state index is 6.99. The molecule has 6 aromatic carbocycles. The Kier molecular flexibility index (Phi) is 17.1. The van der Waals surface area contributed by atoms with E-state index in [4.69, 9.17) is 42.6 Å². The van der Waals surface area contributed by atoms with Crippen molar-refractivity contribution in [3.05, 3.63) is 215 Å². The Morgan fingerprint density at radius 1 is 0.349 bits per heavy atom. The third kappa shape index (κ3) is 13.5. The Hall–Kier alpha value is -5.04. The van der Waals surface area contributed by atoms with E-state index in [9.17, 15) is 0 Å². The fourth-order valence-electron chi connectivity index (χ4n) is 7.98. The Bertz CT molecular complexity index is 2130. The molecular weight excluding hydrogens is 793 g/mol. The highest BCUT2D eigenvalue weighted by atomic mass is 16.7. The molecule has 8 atom stereocenters. The molecule has 0 aromatic heterocycles. The molecule has 2 fully saturated rings. The van der Waals surface area contributed by atoms with Gasteiger partial charge in [-0.15, -0.1) is 0 Å². The molecule has 0 N–H and O–H groups in total. The van der Waals surface area contributed by atoms with E-state index >= 15 is 0 Å². The van der Waals surface area contributed by atoms with Crippen molar-refractivity contribution in [1.82, 2.24) is 0 Å². The Morgan fingerprint density at radius 2 is 0.730 bits per heavy atom. The molecule has 0 spiro atoms. The fraction of sp³-hybridized carbons (Fsp3) is 0.333. The van der Waals surface area contributed by atoms with Crippen LogP contribution in [0.5, 0.6) is 0 Å². The van der Waals surface area contributed by atoms with E-state index in [1.54, 1.807) is 0 Å². The van der Waals surface area contributed by atoms with Crippen LogP contribution in [0.25, 0.3) is 0 Å². The van der Waals surface area contributed by atoms with E-state index in [-0.39, 0.29) is 19.3 Å². The fourth-order valence-corrected chi connectivity index (χ4v) is 7.98. The van der Waals surface area contributed by atoms with Gasteiger partial charge in [-0.05, 0) is 39.8 Å². The molecule has 9 heteroatoms. The van der Waals surface area contributed by atoms with E-state index in [0.29, 0.717) is 52.7 Å². The highest BCUT2D eigenvalue weighted by molar-refractivity contribution is 5.18. The van der Waals surface area contributed by atoms with Crippen LogP contribution in [-0.4, -0.2) is 68.8 Å². The second kappa shape index (κ2) is 24.1. The molecule has 0 bridgehead atoms. The van der Waals surface area contributed by atoms with E-state index in [1.165, 1.54) is 0 Å². The van der Waals surface area contributed by atoms with E-state index in [0.717, 1.165) is 33.4 Å². The molecule has 0 radical (unpaired) electrons. The lowest BCUT2D eigenvalue weighted by atomic mass is 9.97. The third-order valence-corrected chi connectivity index (χ3v) is 11.3. The van der Waals surface area contributed by atoms with Crippen LogP contribution < -0.4 is 0 Å². The SMILES string of the molecule is c1ccc(COC[C@H]2O[C@H](OC[C@@H]3OCC[C@@H](OCc4ccccc4)[C@@H]3OCc3ccccc3)[C@H](OCc3ccccc3)[C@@H](OCc3ccccc3)[C@H]2OCc2ccccc2)cc1. The molecule has 0 amide bonds. The Balaban J connectivity index is 1.07. The average Bonchev–Trinajstić information content (AvgIpc) is 3.35. The molecule has 63 heavy (non-hydrogen) atoms. The van der Waals surface area contributed by atoms with Crippen molar-refractivity contribution in [3.8, 4) is 0 Å². The summed E-state index contributed by atoms with van der Waals surface area (Å²) in [5.41, 5.74) is 6.29. The zero-order valence-corrected chi connectivity index (χ0v) is 35.7. The van der Waals surface area contributed by atoms with Crippen LogP contribution >= 0.6 is 0 Å². The van der Waals surface area contributed by atoms with Crippen molar-refractivity contribution in [2.45, 2.75) is 95.1 Å². The van der Waals surface area contributed by atoms with Crippen LogP contribution in [-0.2, 0) is 82.3 Å². The number of hydrogen-bond acceptors (Lipinski definition) is 9. The first-order chi connectivity index (χ1) is 31.2. The lowest BCUT2D eigenvalue weighted by Crippen LogP contribution is -2.62. The third-order valence-electron chi connectivity index (χ3n) is 11.3. The quantitative estimate of drug-likeness (QED) is 0.0664. The monoisotopic (exact) mass is 850 g/mol. The minimum atomic E-state index is -0.889. The number of rotatable bonds is 22. The number of ether oxygens (including phenoxy) is 9. The van der Waals surface area contributed by atoms with E-state index in [1.807, 2.05) is 133 Å². The number of hydrogen-bond donors (Lipinski definition) is 0. The van der Waals surface area contributed by atoms with Gasteiger partial charge in [0.15, 0.2) is 6.29 Å². The molecule has 0 saturated carbocycles. The molecule has 2 aliphatic rings. The van der Waals surface area contributed by atoms with Gasteiger partial charge in [0.05, 0.1) is 59.0 Å². The van der Waals surface area contributed by atoms with Gasteiger partial charge in [-0.25, -0.2) is 0 Å². The van der Waals surface area contributed by atoms with Gasteiger partial charge in [0.1, 0.15) is 36.6 Å². The van der Waals surface area contributed by atoms with Crippen molar-refractivity contribution in [3.63, 3.8) is 0 Å². The van der Waals surface area contributed by atoms with E-state index < -0.39 is 42.9 Å². The summed E-state index contributed by atoms with van der Waals surface area (Å²) >= 11 is 0. The van der Waals surface area contributed by atoms with Gasteiger partial charge >= 0.3 is 0 Å². The summed E-state index contributed by atoms with van der Waals surface area (Å²) < 4.78 is 60.8. The standard InChI is InChI=1S/C54H58O9/c1-7-19-41(20-8-1)33-55-39-49-51(59-36-44-25-13-4-14-26-44)52(60-37-45-27-15-5-16-28-45)53(61-38-46-29-17-6-18-30-46)54(63-49)62-40-48-50(58-35-43-23-11-3-12-24-43)47(31-32-56-48)57-34-42-21-9-2-10-22-42/h1-30,47-54H,31-40H2/t47-,48+,49-,50+,51+,52+,53-,54+/m1/s1. The largest absolute Gasteiger partial charge is 0.374 e. The van der Waals surface area contributed by atoms with Crippen molar-refractivity contribution < 1.29 is 42.6 Å². The molecule has 2 saturated heterocycles. The minimum Gasteiger partial charge on any atom is -0.374 e. The lowest BCUT2D eigenvalue weighted by Gasteiger charge is -2.46. The van der Waals surface area contributed by atoms with Crippen LogP contribution in [0.2, 0.25) is 0 Å². The summed E-state index contributed by atoms with van der Waals surface area (Å²) in [5.74, 6) is 0. The smallest absolute Gasteiger partial charge is 0.187 e. The highest BCUT2D eigenvalue weighted by Gasteiger charge is 2.50. The normalized spacial score (nSPS) is 23.6. The Labute approximate surface area is 371 Å². The molecule has 8 rings (SSSR count). The van der Waals surface area contributed by atoms with Crippen LogP contribution in [0.15, 0.2) is 182 Å². The topological polar surface area (TPSA) is 83.1 Å². The molecule has 0 aliphatic carbocycles. The molecule has 9 nitrogen and oxygen atoms in total. The van der Waals surface area contributed by atoms with Crippen molar-refractivity contribution >= 4 is 0 Å². The van der Waals surface area contributed by atoms with Crippen LogP contribution in [0, 0.1) is 0 Å². The summed E-state index contributed by atoms with van der Waals surface area (Å²) in [7, 11) is 0. The first kappa shape index (κ1) is 44.6. The predicted molar refractivity (Wildman–Crippen MR) is 240 cm³/mol. The molecule has 2 aliphatic heterocycles. The van der Waals surface area contributed by atoms with E-state index in [2.05, 4.69) is 48.5 Å². The second-order valence-electron chi connectivity index (χ2n) is 16.0. The number of benzene rings is 6. The van der Waals surface area contributed by atoms with Crippen molar-refractivity contribution in [2.75, 3.05) is 19.8 Å². The van der Waals surface area contributed by atoms with Gasteiger partial charge in [0.25, 0.3) is 0 Å². The van der Waals surface area contributed by atoms with Crippen LogP contribution in [0.4, 0.5) is 0 Å². The molecule has 328 valence electrons. The molecule has 2 heterocycles. The van der Waals surface area contributed by atoms with Crippen molar-refractivity contribution in [1.29, 1.82) is 0 Å². The summed E-state index contributed by atoms with van der Waals surface area (Å²) in [5, 5.41) is 0. The summed E-state index contributed by atoms with van der Waals surface area (Å²) in [4.78, 5) is 0. The van der Waals surface area contributed by atoms with Gasteiger partial charge in [-0.2, -0.15) is 0 Å². The van der Waals surface area contributed by atoms with Gasteiger partial charge in [0.2, 0.25) is 0 Å². The first-order valence-corrected chi connectivity index (χ1v) is 22.0. The van der Waals surface area contributed by atoms with Gasteiger partial charge in [0, 0.05) is 6.61 Å². The van der Waals surface area contributed by atoms with Gasteiger partial charge in [-0.1, -0.05) is 182 Å². The van der Waals surface area contributed by atoms with Gasteiger partial charge < -0.3 is 42.6 Å². The van der Waals surface area contributed by atoms with Gasteiger partial charge in [-0.3, -0.25) is 0 Å². The maximum Gasteiger partial charge on any atom is 0.187 e. The van der Waals surface area contributed by atoms with Crippen molar-refractivity contribution in [2.24, 2.45) is 0 Å². The Morgan fingerprint density at radius 3 is 1.19 bits per heavy atom. The summed E-state index contributed by atoms with van der Waals surface area (Å²) in [6.45, 7) is 3.10. The maximum atomic E-state index is 6.99. The predicted octanol–water partition coefficient (Wildman–Crippen LogP) is 9.66. The van der Waals surface area contributed by atoms with Crippen LogP contribution in [0.1, 0.15) is 39.8 Å². The minimum absolute atomic E-state index is 0.152. The average molecular weight is 851 g/mol. The summed E-state index contributed by atoms with van der Waals surface area (Å²) in [6, 6.07) is 60.8. The highest BCUT2D eigenvalue weighted by Crippen LogP contribution is 2.33. The molecule has 0 unspecified atom stereocenters. The zero-order valence-electron chi connectivity index (χ0n) is 35.7. The second-order valence-corrected chi connectivity index (χ2v) is 16.0. The summed E-state index contributed by atoms with van der Waals surface area (Å²) in [6.07, 6.45) is -3.84. The molecule has 6 aromatic rings. The zero-order chi connectivity index (χ0) is 42.7. The molecular formula is C54H58O9. The lowest BCUT2D eigenvalue weighted by molar-refractivity contribution is -0.334. The van der Waals surface area contributed by atoms with Crippen LogP contribution in [0.3, 0.4) is 0 Å².